The molecule has 1 aliphatic rings. The summed E-state index contributed by atoms with van der Waals surface area (Å²) in [6.45, 7) is 3.14. The van der Waals surface area contributed by atoms with Crippen molar-refractivity contribution in [2.45, 2.75) is 45.6 Å². The molecule has 3 aromatic heterocycles. The first-order valence-corrected chi connectivity index (χ1v) is 12.2. The van der Waals surface area contributed by atoms with E-state index in [1.807, 2.05) is 0 Å². The normalized spacial score (nSPS) is 14.6. The van der Waals surface area contributed by atoms with Gasteiger partial charge in [0.2, 0.25) is 16.0 Å². The van der Waals surface area contributed by atoms with Gasteiger partial charge in [0.25, 0.3) is 5.56 Å². The predicted octanol–water partition coefficient (Wildman–Crippen LogP) is 2.93. The molecule has 168 valence electrons. The average Bonchev–Trinajstić information content (AvgIpc) is 3.22. The number of nitrogens with zero attached hydrogens (tertiary/aromatic N) is 4. The molecule has 0 saturated heterocycles. The highest BCUT2D eigenvalue weighted by molar-refractivity contribution is 7.92. The van der Waals surface area contributed by atoms with Crippen molar-refractivity contribution >= 4 is 44.3 Å². The Morgan fingerprint density at radius 3 is 2.47 bits per heavy atom. The van der Waals surface area contributed by atoms with E-state index in [1.54, 1.807) is 29.8 Å². The van der Waals surface area contributed by atoms with Crippen LogP contribution in [0.5, 0.6) is 0 Å². The molecule has 1 fully saturated rings. The zero-order valence-electron chi connectivity index (χ0n) is 18.0. The fraction of sp³-hybridized carbons (Fsp3) is 0.381. The van der Waals surface area contributed by atoms with Gasteiger partial charge in [0, 0.05) is 17.6 Å². The number of rotatable bonds is 6. The number of nitrogens with one attached hydrogen (secondary N) is 2. The van der Waals surface area contributed by atoms with Gasteiger partial charge >= 0.3 is 0 Å². The van der Waals surface area contributed by atoms with Crippen LogP contribution in [0.1, 0.15) is 54.6 Å². The summed E-state index contributed by atoms with van der Waals surface area (Å²) in [5.74, 6) is 0.389. The molecule has 10 nitrogen and oxygen atoms in total. The Morgan fingerprint density at radius 1 is 1.16 bits per heavy atom. The number of carbonyl (C=O) groups is 1. The third-order valence-electron chi connectivity index (χ3n) is 5.56. The second kappa shape index (κ2) is 8.30. The lowest BCUT2D eigenvalue weighted by molar-refractivity contribution is 0.101. The topological polar surface area (TPSA) is 136 Å². The molecule has 4 rings (SSSR count). The molecule has 0 spiro atoms. The molecule has 0 unspecified atom stereocenters. The lowest BCUT2D eigenvalue weighted by Crippen LogP contribution is -2.30. The van der Waals surface area contributed by atoms with Crippen LogP contribution in [0.15, 0.2) is 29.3 Å². The number of carbonyl (C=O) groups excluding carboxylic acids is 1. The summed E-state index contributed by atoms with van der Waals surface area (Å²) in [5, 5.41) is 3.65. The fourth-order valence-electron chi connectivity index (χ4n) is 4.17. The Balaban J connectivity index is 1.76. The SMILES string of the molecule is CC(=O)c1c(C)c2cnc(Nc3ccc(NS(C)(=O)=O)cn3)nc2n(C2CCCC2)c1=O. The largest absolute Gasteiger partial charge is 0.309 e. The van der Waals surface area contributed by atoms with E-state index in [1.165, 1.54) is 13.1 Å². The van der Waals surface area contributed by atoms with Crippen LogP contribution in [0.25, 0.3) is 11.0 Å². The quantitative estimate of drug-likeness (QED) is 0.540. The van der Waals surface area contributed by atoms with Gasteiger partial charge < -0.3 is 5.32 Å². The van der Waals surface area contributed by atoms with Crippen molar-refractivity contribution in [2.24, 2.45) is 0 Å². The number of anilines is 3. The number of fused-ring (bicyclic) bond motifs is 1. The van der Waals surface area contributed by atoms with Crippen LogP contribution in [0.4, 0.5) is 17.5 Å². The highest BCUT2D eigenvalue weighted by Crippen LogP contribution is 2.32. The van der Waals surface area contributed by atoms with E-state index in [0.29, 0.717) is 28.1 Å². The first-order valence-electron chi connectivity index (χ1n) is 10.3. The molecule has 0 aliphatic heterocycles. The number of pyridine rings is 2. The molecule has 1 aliphatic carbocycles. The molecule has 11 heteroatoms. The van der Waals surface area contributed by atoms with Gasteiger partial charge in [0.15, 0.2) is 5.78 Å². The van der Waals surface area contributed by atoms with Crippen molar-refractivity contribution in [2.75, 3.05) is 16.3 Å². The first-order chi connectivity index (χ1) is 15.1. The van der Waals surface area contributed by atoms with Crippen LogP contribution in [-0.4, -0.2) is 40.0 Å². The smallest absolute Gasteiger partial charge is 0.263 e. The molecule has 2 N–H and O–H groups in total. The van der Waals surface area contributed by atoms with Gasteiger partial charge in [-0.2, -0.15) is 4.98 Å². The van der Waals surface area contributed by atoms with Gasteiger partial charge in [-0.25, -0.2) is 18.4 Å². The Morgan fingerprint density at radius 2 is 1.88 bits per heavy atom. The van der Waals surface area contributed by atoms with E-state index in [9.17, 15) is 18.0 Å². The third-order valence-corrected chi connectivity index (χ3v) is 6.16. The third kappa shape index (κ3) is 4.33. The standard InChI is InChI=1S/C21H24N6O4S/c1-12-16-11-23-21(24-17-9-8-14(10-22-17)26-32(3,30)31)25-19(16)27(15-6-4-5-7-15)20(29)18(12)13(2)28/h8-11,15,26H,4-7H2,1-3H3,(H,22,23,24,25). The molecule has 0 radical (unpaired) electrons. The minimum absolute atomic E-state index is 0.00840. The molecular weight excluding hydrogens is 432 g/mol. The summed E-state index contributed by atoms with van der Waals surface area (Å²) in [7, 11) is -3.40. The molecule has 0 amide bonds. The van der Waals surface area contributed by atoms with Crippen LogP contribution in [-0.2, 0) is 10.0 Å². The highest BCUT2D eigenvalue weighted by Gasteiger charge is 2.25. The van der Waals surface area contributed by atoms with Gasteiger partial charge in [-0.1, -0.05) is 12.8 Å². The summed E-state index contributed by atoms with van der Waals surface area (Å²) in [4.78, 5) is 38.6. The molecular formula is C21H24N6O4S. The lowest BCUT2D eigenvalue weighted by Gasteiger charge is -2.19. The van der Waals surface area contributed by atoms with E-state index in [0.717, 1.165) is 31.9 Å². The van der Waals surface area contributed by atoms with Crippen molar-refractivity contribution in [1.82, 2.24) is 19.5 Å². The Labute approximate surface area is 185 Å². The molecule has 3 aromatic rings. The van der Waals surface area contributed by atoms with Crippen molar-refractivity contribution < 1.29 is 13.2 Å². The lowest BCUT2D eigenvalue weighted by atomic mass is 10.0. The van der Waals surface area contributed by atoms with Crippen LogP contribution >= 0.6 is 0 Å². The monoisotopic (exact) mass is 456 g/mol. The molecule has 3 heterocycles. The average molecular weight is 457 g/mol. The number of aryl methyl sites for hydroxylation is 1. The van der Waals surface area contributed by atoms with E-state index in [2.05, 4.69) is 25.0 Å². The summed E-state index contributed by atoms with van der Waals surface area (Å²) in [6, 6.07) is 3.15. The Bertz CT molecular complexity index is 1360. The second-order valence-electron chi connectivity index (χ2n) is 8.03. The Kier molecular flexibility index (Phi) is 5.68. The van der Waals surface area contributed by atoms with Crippen LogP contribution in [0, 0.1) is 6.92 Å². The summed E-state index contributed by atoms with van der Waals surface area (Å²) >= 11 is 0. The van der Waals surface area contributed by atoms with E-state index >= 15 is 0 Å². The fourth-order valence-corrected chi connectivity index (χ4v) is 4.71. The molecule has 32 heavy (non-hydrogen) atoms. The number of hydrogen-bond acceptors (Lipinski definition) is 8. The Hall–Kier alpha value is -3.34. The zero-order chi connectivity index (χ0) is 23.0. The number of aromatic nitrogens is 4. The van der Waals surface area contributed by atoms with E-state index < -0.39 is 10.0 Å². The predicted molar refractivity (Wildman–Crippen MR) is 122 cm³/mol. The van der Waals surface area contributed by atoms with Crippen molar-refractivity contribution in [1.29, 1.82) is 0 Å². The summed E-state index contributed by atoms with van der Waals surface area (Å²) in [6.07, 6.45) is 7.81. The highest BCUT2D eigenvalue weighted by atomic mass is 32.2. The van der Waals surface area contributed by atoms with Crippen molar-refractivity contribution in [3.05, 3.63) is 46.0 Å². The van der Waals surface area contributed by atoms with Gasteiger partial charge in [0.05, 0.1) is 23.7 Å². The van der Waals surface area contributed by atoms with Crippen LogP contribution in [0.2, 0.25) is 0 Å². The number of Topliss-reactive ketones (excluding diaryl/α,β-unsaturated/α-hetero) is 1. The van der Waals surface area contributed by atoms with Crippen molar-refractivity contribution in [3.63, 3.8) is 0 Å². The minimum Gasteiger partial charge on any atom is -0.309 e. The number of hydrogen-bond donors (Lipinski definition) is 2. The van der Waals surface area contributed by atoms with Crippen LogP contribution < -0.4 is 15.6 Å². The van der Waals surface area contributed by atoms with Gasteiger partial charge in [-0.05, 0) is 44.4 Å². The second-order valence-corrected chi connectivity index (χ2v) is 9.78. The maximum Gasteiger partial charge on any atom is 0.263 e. The van der Waals surface area contributed by atoms with Gasteiger partial charge in [-0.15, -0.1) is 0 Å². The minimum atomic E-state index is -3.40. The van der Waals surface area contributed by atoms with Gasteiger partial charge in [0.1, 0.15) is 11.5 Å². The van der Waals surface area contributed by atoms with Crippen LogP contribution in [0.3, 0.4) is 0 Å². The van der Waals surface area contributed by atoms with Crippen molar-refractivity contribution in [3.8, 4) is 0 Å². The number of ketones is 1. The molecule has 1 saturated carbocycles. The summed E-state index contributed by atoms with van der Waals surface area (Å²) < 4.78 is 26.7. The maximum atomic E-state index is 13.2. The zero-order valence-corrected chi connectivity index (χ0v) is 18.9. The molecule has 0 aromatic carbocycles. The summed E-state index contributed by atoms with van der Waals surface area (Å²) in [5.41, 5.74) is 1.27. The van der Waals surface area contributed by atoms with Gasteiger partial charge in [-0.3, -0.25) is 18.9 Å². The first kappa shape index (κ1) is 21.9. The maximum absolute atomic E-state index is 13.2. The van der Waals surface area contributed by atoms with E-state index in [4.69, 9.17) is 0 Å². The molecule has 0 bridgehead atoms. The number of sulfonamides is 1. The molecule has 0 atom stereocenters. The van der Waals surface area contributed by atoms with E-state index in [-0.39, 0.29) is 28.9 Å².